The summed E-state index contributed by atoms with van der Waals surface area (Å²) in [4.78, 5) is 0.0245. The Balaban J connectivity index is 2.16. The van der Waals surface area contributed by atoms with Crippen LogP contribution in [-0.4, -0.2) is 26.2 Å². The van der Waals surface area contributed by atoms with Crippen LogP contribution in [0.1, 0.15) is 5.56 Å². The van der Waals surface area contributed by atoms with E-state index in [1.807, 2.05) is 30.3 Å². The van der Waals surface area contributed by atoms with E-state index >= 15 is 0 Å². The number of nitrogen functional groups attached to an aromatic ring is 1. The summed E-state index contributed by atoms with van der Waals surface area (Å²) >= 11 is 0. The fourth-order valence-corrected chi connectivity index (χ4v) is 3.41. The largest absolute Gasteiger partial charge is 0.398 e. The van der Waals surface area contributed by atoms with Crippen LogP contribution in [-0.2, 0) is 16.4 Å². The molecular formula is C15H18N2O3S. The quantitative estimate of drug-likeness (QED) is 0.698. The van der Waals surface area contributed by atoms with E-state index < -0.39 is 16.1 Å². The molecular weight excluding hydrogens is 288 g/mol. The van der Waals surface area contributed by atoms with Crippen LogP contribution < -0.4 is 10.5 Å². The zero-order valence-electron chi connectivity index (χ0n) is 11.4. The molecule has 0 aromatic heterocycles. The third-order valence-electron chi connectivity index (χ3n) is 3.08. The van der Waals surface area contributed by atoms with Gasteiger partial charge in [0.05, 0.1) is 12.3 Å². The maximum atomic E-state index is 12.3. The fraction of sp³-hybridized carbons (Fsp3) is 0.200. The van der Waals surface area contributed by atoms with Crippen molar-refractivity contribution >= 4 is 15.7 Å². The normalized spacial score (nSPS) is 13.0. The summed E-state index contributed by atoms with van der Waals surface area (Å²) in [6.07, 6.45) is 0.406. The number of para-hydroxylation sites is 1. The van der Waals surface area contributed by atoms with Gasteiger partial charge in [-0.2, -0.15) is 0 Å². The van der Waals surface area contributed by atoms with Crippen LogP contribution >= 0.6 is 0 Å². The highest BCUT2D eigenvalue weighted by atomic mass is 32.2. The number of aliphatic hydroxyl groups excluding tert-OH is 1. The van der Waals surface area contributed by atoms with Crippen molar-refractivity contribution in [3.8, 4) is 0 Å². The summed E-state index contributed by atoms with van der Waals surface area (Å²) in [5, 5.41) is 9.41. The van der Waals surface area contributed by atoms with E-state index in [-0.39, 0.29) is 17.2 Å². The number of anilines is 1. The molecule has 21 heavy (non-hydrogen) atoms. The lowest BCUT2D eigenvalue weighted by Gasteiger charge is -2.17. The zero-order chi connectivity index (χ0) is 15.3. The maximum Gasteiger partial charge on any atom is 0.242 e. The first-order valence-corrected chi connectivity index (χ1v) is 8.03. The van der Waals surface area contributed by atoms with E-state index in [2.05, 4.69) is 4.72 Å². The molecule has 1 unspecified atom stereocenters. The first-order chi connectivity index (χ1) is 10.0. The van der Waals surface area contributed by atoms with Crippen molar-refractivity contribution in [1.82, 2.24) is 4.72 Å². The first-order valence-electron chi connectivity index (χ1n) is 6.54. The van der Waals surface area contributed by atoms with Gasteiger partial charge < -0.3 is 10.8 Å². The van der Waals surface area contributed by atoms with Crippen LogP contribution in [0.15, 0.2) is 59.5 Å². The fourth-order valence-electron chi connectivity index (χ4n) is 2.05. The molecule has 0 heterocycles. The molecule has 0 amide bonds. The summed E-state index contributed by atoms with van der Waals surface area (Å²) in [6, 6.07) is 15.0. The third-order valence-corrected chi connectivity index (χ3v) is 4.67. The summed E-state index contributed by atoms with van der Waals surface area (Å²) in [5.74, 6) is 0. The van der Waals surface area contributed by atoms with Gasteiger partial charge >= 0.3 is 0 Å². The predicted molar refractivity (Wildman–Crippen MR) is 82.2 cm³/mol. The minimum absolute atomic E-state index is 0.0245. The van der Waals surface area contributed by atoms with Gasteiger partial charge in [0.25, 0.3) is 0 Å². The standard InChI is InChI=1S/C15H18N2O3S/c16-14-8-4-5-9-15(14)21(19,20)17-13(11-18)10-12-6-2-1-3-7-12/h1-9,13,17-18H,10-11,16H2. The van der Waals surface area contributed by atoms with Gasteiger partial charge in [-0.1, -0.05) is 42.5 Å². The van der Waals surface area contributed by atoms with E-state index in [4.69, 9.17) is 5.73 Å². The molecule has 0 spiro atoms. The number of hydrogen-bond donors (Lipinski definition) is 3. The molecule has 6 heteroatoms. The Morgan fingerprint density at radius 2 is 1.67 bits per heavy atom. The Kier molecular flexibility index (Phi) is 4.95. The van der Waals surface area contributed by atoms with E-state index in [1.165, 1.54) is 12.1 Å². The Hall–Kier alpha value is -1.89. The van der Waals surface area contributed by atoms with E-state index in [1.54, 1.807) is 12.1 Å². The second-order valence-electron chi connectivity index (χ2n) is 4.73. The van der Waals surface area contributed by atoms with Crippen LogP contribution in [0.2, 0.25) is 0 Å². The molecule has 0 aliphatic heterocycles. The van der Waals surface area contributed by atoms with Crippen molar-refractivity contribution in [3.63, 3.8) is 0 Å². The van der Waals surface area contributed by atoms with Gasteiger partial charge in [-0.15, -0.1) is 0 Å². The highest BCUT2D eigenvalue weighted by molar-refractivity contribution is 7.89. The summed E-state index contributed by atoms with van der Waals surface area (Å²) in [7, 11) is -3.76. The van der Waals surface area contributed by atoms with Crippen LogP contribution in [0, 0.1) is 0 Å². The number of aliphatic hydroxyl groups is 1. The van der Waals surface area contributed by atoms with E-state index in [0.717, 1.165) is 5.56 Å². The highest BCUT2D eigenvalue weighted by Crippen LogP contribution is 2.17. The first kappa shape index (κ1) is 15.5. The molecule has 2 rings (SSSR count). The van der Waals surface area contributed by atoms with Crippen LogP contribution in [0.25, 0.3) is 0 Å². The van der Waals surface area contributed by atoms with Gasteiger partial charge in [0, 0.05) is 6.04 Å². The van der Waals surface area contributed by atoms with Gasteiger partial charge in [-0.05, 0) is 24.1 Å². The lowest BCUT2D eigenvalue weighted by molar-refractivity contribution is 0.256. The molecule has 0 radical (unpaired) electrons. The minimum Gasteiger partial charge on any atom is -0.398 e. The summed E-state index contributed by atoms with van der Waals surface area (Å²) in [5.41, 5.74) is 6.82. The van der Waals surface area contributed by atoms with Crippen molar-refractivity contribution in [2.24, 2.45) is 0 Å². The predicted octanol–water partition coefficient (Wildman–Crippen LogP) is 1.15. The molecule has 0 saturated heterocycles. The Morgan fingerprint density at radius 3 is 2.29 bits per heavy atom. The van der Waals surface area contributed by atoms with Gasteiger partial charge in [-0.3, -0.25) is 0 Å². The molecule has 2 aromatic carbocycles. The molecule has 0 saturated carbocycles. The smallest absolute Gasteiger partial charge is 0.242 e. The molecule has 0 fully saturated rings. The molecule has 5 nitrogen and oxygen atoms in total. The van der Waals surface area contributed by atoms with E-state index in [0.29, 0.717) is 6.42 Å². The Bertz CT molecular complexity index is 687. The second-order valence-corrected chi connectivity index (χ2v) is 6.41. The monoisotopic (exact) mass is 306 g/mol. The molecule has 0 aliphatic rings. The zero-order valence-corrected chi connectivity index (χ0v) is 12.3. The lowest BCUT2D eigenvalue weighted by Crippen LogP contribution is -2.39. The summed E-state index contributed by atoms with van der Waals surface area (Å²) < 4.78 is 27.1. The van der Waals surface area contributed by atoms with Crippen molar-refractivity contribution in [3.05, 3.63) is 60.2 Å². The van der Waals surface area contributed by atoms with Crippen molar-refractivity contribution in [1.29, 1.82) is 0 Å². The Morgan fingerprint density at radius 1 is 1.05 bits per heavy atom. The number of nitrogens with one attached hydrogen (secondary N) is 1. The number of nitrogens with two attached hydrogens (primary N) is 1. The Labute approximate surface area is 124 Å². The molecule has 2 aromatic rings. The molecule has 4 N–H and O–H groups in total. The average molecular weight is 306 g/mol. The second kappa shape index (κ2) is 6.71. The topological polar surface area (TPSA) is 92.4 Å². The van der Waals surface area contributed by atoms with Crippen molar-refractivity contribution in [2.45, 2.75) is 17.4 Å². The van der Waals surface area contributed by atoms with Crippen LogP contribution in [0.5, 0.6) is 0 Å². The average Bonchev–Trinajstić information content (AvgIpc) is 2.47. The summed E-state index contributed by atoms with van der Waals surface area (Å²) in [6.45, 7) is -0.291. The van der Waals surface area contributed by atoms with Gasteiger partial charge in [-0.25, -0.2) is 13.1 Å². The number of hydrogen-bond acceptors (Lipinski definition) is 4. The highest BCUT2D eigenvalue weighted by Gasteiger charge is 2.21. The van der Waals surface area contributed by atoms with Gasteiger partial charge in [0.15, 0.2) is 0 Å². The third kappa shape index (κ3) is 4.04. The molecule has 0 aliphatic carbocycles. The minimum atomic E-state index is -3.76. The molecule has 112 valence electrons. The van der Waals surface area contributed by atoms with Crippen molar-refractivity contribution in [2.75, 3.05) is 12.3 Å². The lowest BCUT2D eigenvalue weighted by atomic mass is 10.1. The van der Waals surface area contributed by atoms with Gasteiger partial charge in [0.2, 0.25) is 10.0 Å². The molecule has 1 atom stereocenters. The number of rotatable bonds is 6. The van der Waals surface area contributed by atoms with Crippen molar-refractivity contribution < 1.29 is 13.5 Å². The van der Waals surface area contributed by atoms with Crippen LogP contribution in [0.3, 0.4) is 0 Å². The van der Waals surface area contributed by atoms with E-state index in [9.17, 15) is 13.5 Å². The maximum absolute atomic E-state index is 12.3. The molecule has 0 bridgehead atoms. The van der Waals surface area contributed by atoms with Gasteiger partial charge in [0.1, 0.15) is 4.90 Å². The number of sulfonamides is 1. The SMILES string of the molecule is Nc1ccccc1S(=O)(=O)NC(CO)Cc1ccccc1. The number of benzene rings is 2. The van der Waals surface area contributed by atoms with Crippen LogP contribution in [0.4, 0.5) is 5.69 Å².